The molecule has 6 nitrogen and oxygen atoms in total. The number of halogens is 4. The van der Waals surface area contributed by atoms with E-state index in [0.717, 1.165) is 40.9 Å². The minimum Gasteiger partial charge on any atom is -0.355 e. The molecular formula is C21H17F4N3O3S2. The highest BCUT2D eigenvalue weighted by molar-refractivity contribution is 7.92. The summed E-state index contributed by atoms with van der Waals surface area (Å²) in [5, 5.41) is 4.32. The SMILES string of the molecule is CS(=O)(=O)c1nc(C(=O)N2CCc3cc(Nc4ccc(C(F)(F)F)c(F)c4)ccc3C2)cs1. The van der Waals surface area contributed by atoms with Gasteiger partial charge in [0.25, 0.3) is 5.91 Å². The van der Waals surface area contributed by atoms with E-state index in [1.165, 1.54) is 5.38 Å². The first-order chi connectivity index (χ1) is 15.4. The summed E-state index contributed by atoms with van der Waals surface area (Å²) >= 11 is 0.896. The number of amides is 1. The lowest BCUT2D eigenvalue weighted by Crippen LogP contribution is -2.36. The van der Waals surface area contributed by atoms with Gasteiger partial charge in [0.15, 0.2) is 0 Å². The van der Waals surface area contributed by atoms with Crippen molar-refractivity contribution in [1.82, 2.24) is 9.88 Å². The Morgan fingerprint density at radius 2 is 1.82 bits per heavy atom. The molecule has 0 fully saturated rings. The van der Waals surface area contributed by atoms with Crippen LogP contribution in [0.3, 0.4) is 0 Å². The Labute approximate surface area is 190 Å². The first-order valence-corrected chi connectivity index (χ1v) is 12.4. The molecule has 0 atom stereocenters. The maximum atomic E-state index is 13.8. The normalized spacial score (nSPS) is 14.2. The maximum Gasteiger partial charge on any atom is 0.419 e. The van der Waals surface area contributed by atoms with Crippen LogP contribution in [-0.4, -0.2) is 37.0 Å². The summed E-state index contributed by atoms with van der Waals surface area (Å²) in [5.74, 6) is -1.73. The van der Waals surface area contributed by atoms with Gasteiger partial charge < -0.3 is 10.2 Å². The van der Waals surface area contributed by atoms with Gasteiger partial charge in [-0.1, -0.05) is 6.07 Å². The van der Waals surface area contributed by atoms with E-state index in [4.69, 9.17) is 0 Å². The summed E-state index contributed by atoms with van der Waals surface area (Å²) in [6, 6.07) is 7.91. The molecule has 1 aliphatic heterocycles. The Hall–Kier alpha value is -2.99. The summed E-state index contributed by atoms with van der Waals surface area (Å²) in [6.45, 7) is 0.686. The van der Waals surface area contributed by atoms with Gasteiger partial charge in [-0.3, -0.25) is 4.79 Å². The van der Waals surface area contributed by atoms with Gasteiger partial charge in [-0.2, -0.15) is 13.2 Å². The van der Waals surface area contributed by atoms with Crippen LogP contribution in [0.25, 0.3) is 0 Å². The van der Waals surface area contributed by atoms with Crippen molar-refractivity contribution in [2.75, 3.05) is 18.1 Å². The van der Waals surface area contributed by atoms with Crippen molar-refractivity contribution < 1.29 is 30.8 Å². The molecule has 1 aliphatic rings. The molecule has 4 rings (SSSR count). The molecule has 2 aromatic carbocycles. The van der Waals surface area contributed by atoms with Gasteiger partial charge in [-0.25, -0.2) is 17.8 Å². The van der Waals surface area contributed by atoms with Crippen molar-refractivity contribution in [2.45, 2.75) is 23.5 Å². The van der Waals surface area contributed by atoms with E-state index < -0.39 is 27.4 Å². The van der Waals surface area contributed by atoms with E-state index in [1.54, 1.807) is 23.1 Å². The highest BCUT2D eigenvalue weighted by Gasteiger charge is 2.34. The van der Waals surface area contributed by atoms with E-state index in [0.29, 0.717) is 31.3 Å². The molecular weight excluding hydrogens is 482 g/mol. The van der Waals surface area contributed by atoms with Gasteiger partial charge in [-0.05, 0) is 47.9 Å². The molecule has 2 heterocycles. The number of nitrogens with zero attached hydrogens (tertiary/aromatic N) is 2. The molecule has 1 N–H and O–H groups in total. The third-order valence-corrected chi connectivity index (χ3v) is 7.64. The van der Waals surface area contributed by atoms with Crippen molar-refractivity contribution in [3.05, 3.63) is 70.0 Å². The predicted octanol–water partition coefficient (Wildman–Crippen LogP) is 4.65. The number of carbonyl (C=O) groups is 1. The van der Waals surface area contributed by atoms with Crippen LogP contribution in [0.4, 0.5) is 28.9 Å². The largest absolute Gasteiger partial charge is 0.419 e. The number of aromatic nitrogens is 1. The Bertz CT molecular complexity index is 1340. The number of carbonyl (C=O) groups excluding carboxylic acids is 1. The molecule has 0 saturated heterocycles. The number of benzene rings is 2. The van der Waals surface area contributed by atoms with Crippen LogP contribution in [-0.2, 0) is 29.0 Å². The Morgan fingerprint density at radius 1 is 1.12 bits per heavy atom. The highest BCUT2D eigenvalue weighted by Crippen LogP contribution is 2.33. The van der Waals surface area contributed by atoms with Crippen LogP contribution in [0.5, 0.6) is 0 Å². The van der Waals surface area contributed by atoms with Crippen LogP contribution in [0.15, 0.2) is 46.1 Å². The highest BCUT2D eigenvalue weighted by atomic mass is 32.2. The Kier molecular flexibility index (Phi) is 5.91. The molecule has 174 valence electrons. The summed E-state index contributed by atoms with van der Waals surface area (Å²) in [4.78, 5) is 18.2. The molecule has 12 heteroatoms. The van der Waals surface area contributed by atoms with Gasteiger partial charge in [0.2, 0.25) is 14.2 Å². The van der Waals surface area contributed by atoms with Gasteiger partial charge in [0.1, 0.15) is 11.5 Å². The van der Waals surface area contributed by atoms with Gasteiger partial charge in [-0.15, -0.1) is 11.3 Å². The number of thiazole rings is 1. The third-order valence-electron chi connectivity index (χ3n) is 5.09. The molecule has 1 aromatic heterocycles. The molecule has 0 unspecified atom stereocenters. The predicted molar refractivity (Wildman–Crippen MR) is 115 cm³/mol. The van der Waals surface area contributed by atoms with E-state index >= 15 is 0 Å². The molecule has 0 bridgehead atoms. The molecule has 0 aliphatic carbocycles. The zero-order chi connectivity index (χ0) is 24.0. The second-order valence-corrected chi connectivity index (χ2v) is 10.6. The van der Waals surface area contributed by atoms with Gasteiger partial charge >= 0.3 is 6.18 Å². The van der Waals surface area contributed by atoms with Crippen molar-refractivity contribution in [2.24, 2.45) is 0 Å². The monoisotopic (exact) mass is 499 g/mol. The van der Waals surface area contributed by atoms with Gasteiger partial charge in [0.05, 0.1) is 5.56 Å². The second kappa shape index (κ2) is 8.41. The maximum absolute atomic E-state index is 13.8. The molecule has 0 saturated carbocycles. The van der Waals surface area contributed by atoms with Crippen molar-refractivity contribution in [1.29, 1.82) is 0 Å². The lowest BCUT2D eigenvalue weighted by molar-refractivity contribution is -0.139. The Balaban J connectivity index is 1.47. The first-order valence-electron chi connectivity index (χ1n) is 9.62. The Morgan fingerprint density at radius 3 is 2.45 bits per heavy atom. The summed E-state index contributed by atoms with van der Waals surface area (Å²) in [6.07, 6.45) is -3.22. The number of hydrogen-bond donors (Lipinski definition) is 1. The summed E-state index contributed by atoms with van der Waals surface area (Å²) in [5.41, 5.74) is 1.31. The minimum absolute atomic E-state index is 0.0755. The van der Waals surface area contributed by atoms with E-state index in [2.05, 4.69) is 10.3 Å². The number of sulfone groups is 1. The summed E-state index contributed by atoms with van der Waals surface area (Å²) < 4.78 is 75.1. The van der Waals surface area contributed by atoms with Crippen LogP contribution in [0, 0.1) is 5.82 Å². The van der Waals surface area contributed by atoms with E-state index in [9.17, 15) is 30.8 Å². The smallest absolute Gasteiger partial charge is 0.355 e. The van der Waals surface area contributed by atoms with E-state index in [1.807, 2.05) is 0 Å². The molecule has 0 radical (unpaired) electrons. The number of nitrogens with one attached hydrogen (secondary N) is 1. The third kappa shape index (κ3) is 5.01. The van der Waals surface area contributed by atoms with Crippen LogP contribution < -0.4 is 5.32 Å². The van der Waals surface area contributed by atoms with Crippen molar-refractivity contribution >= 4 is 38.5 Å². The molecule has 3 aromatic rings. The summed E-state index contributed by atoms with van der Waals surface area (Å²) in [7, 11) is -3.49. The van der Waals surface area contributed by atoms with E-state index in [-0.39, 0.29) is 21.6 Å². The standard InChI is InChI=1S/C21H17F4N3O3S2/c1-33(30,31)20-27-18(11-32-20)19(29)28-7-6-12-8-14(3-2-13(12)10-28)26-15-4-5-16(17(22)9-15)21(23,24)25/h2-5,8-9,11,26H,6-7,10H2,1H3. The van der Waals surface area contributed by atoms with Crippen LogP contribution in [0.1, 0.15) is 27.2 Å². The van der Waals surface area contributed by atoms with Crippen molar-refractivity contribution in [3.63, 3.8) is 0 Å². The van der Waals surface area contributed by atoms with Crippen molar-refractivity contribution in [3.8, 4) is 0 Å². The fourth-order valence-electron chi connectivity index (χ4n) is 3.48. The average molecular weight is 500 g/mol. The second-order valence-electron chi connectivity index (χ2n) is 7.55. The number of alkyl halides is 3. The lowest BCUT2D eigenvalue weighted by Gasteiger charge is -2.28. The fraction of sp³-hybridized carbons (Fsp3) is 0.238. The number of rotatable bonds is 4. The quantitative estimate of drug-likeness (QED) is 0.529. The lowest BCUT2D eigenvalue weighted by atomic mass is 9.98. The van der Waals surface area contributed by atoms with Crippen LogP contribution >= 0.6 is 11.3 Å². The zero-order valence-electron chi connectivity index (χ0n) is 17.1. The topological polar surface area (TPSA) is 79.4 Å². The number of fused-ring (bicyclic) bond motifs is 1. The van der Waals surface area contributed by atoms with Crippen LogP contribution in [0.2, 0.25) is 0 Å². The van der Waals surface area contributed by atoms with Gasteiger partial charge in [0, 0.05) is 36.1 Å². The molecule has 0 spiro atoms. The zero-order valence-corrected chi connectivity index (χ0v) is 18.7. The fourth-order valence-corrected chi connectivity index (χ4v) is 5.11. The number of anilines is 2. The number of hydrogen-bond acceptors (Lipinski definition) is 6. The minimum atomic E-state index is -4.76. The average Bonchev–Trinajstić information content (AvgIpc) is 3.23. The molecule has 33 heavy (non-hydrogen) atoms. The first kappa shape index (κ1) is 23.2. The molecule has 1 amide bonds.